The molecule has 6 nitrogen and oxygen atoms in total. The van der Waals surface area contributed by atoms with Gasteiger partial charge in [0, 0.05) is 30.2 Å². The van der Waals surface area contributed by atoms with E-state index in [1.807, 2.05) is 6.07 Å². The predicted octanol–water partition coefficient (Wildman–Crippen LogP) is 1.63. The van der Waals surface area contributed by atoms with Gasteiger partial charge in [-0.3, -0.25) is 9.59 Å². The molecule has 6 heteroatoms. The number of benzene rings is 1. The number of nitrogens with zero attached hydrogens (tertiary/aromatic N) is 1. The van der Waals surface area contributed by atoms with Crippen molar-refractivity contribution in [2.45, 2.75) is 6.92 Å². The SMILES string of the molecule is COC(=O)C(C)CN(C)C(=O)c1cc2cc(N)ccc2[nH]1. The Kier molecular flexibility index (Phi) is 4.16. The summed E-state index contributed by atoms with van der Waals surface area (Å²) in [7, 11) is 2.99. The lowest BCUT2D eigenvalue weighted by Gasteiger charge is -2.19. The number of nitrogens with two attached hydrogens (primary N) is 1. The van der Waals surface area contributed by atoms with Crippen LogP contribution in [0.25, 0.3) is 10.9 Å². The van der Waals surface area contributed by atoms with Gasteiger partial charge in [0.25, 0.3) is 5.91 Å². The van der Waals surface area contributed by atoms with E-state index < -0.39 is 0 Å². The van der Waals surface area contributed by atoms with Gasteiger partial charge in [0.1, 0.15) is 5.69 Å². The monoisotopic (exact) mass is 289 g/mol. The van der Waals surface area contributed by atoms with Crippen molar-refractivity contribution < 1.29 is 14.3 Å². The van der Waals surface area contributed by atoms with E-state index in [0.29, 0.717) is 17.9 Å². The number of hydrogen-bond donors (Lipinski definition) is 2. The van der Waals surface area contributed by atoms with Gasteiger partial charge < -0.3 is 20.4 Å². The minimum absolute atomic E-state index is 0.180. The van der Waals surface area contributed by atoms with Crippen LogP contribution in [-0.4, -0.2) is 42.5 Å². The number of methoxy groups -OCH3 is 1. The summed E-state index contributed by atoms with van der Waals surface area (Å²) in [6.07, 6.45) is 0. The van der Waals surface area contributed by atoms with Crippen LogP contribution in [0.5, 0.6) is 0 Å². The summed E-state index contributed by atoms with van der Waals surface area (Å²) in [5.74, 6) is -0.886. The van der Waals surface area contributed by atoms with Gasteiger partial charge in [-0.05, 0) is 24.3 Å². The summed E-state index contributed by atoms with van der Waals surface area (Å²) in [4.78, 5) is 28.3. The number of anilines is 1. The molecule has 1 atom stereocenters. The van der Waals surface area contributed by atoms with Crippen LogP contribution in [0.2, 0.25) is 0 Å². The highest BCUT2D eigenvalue weighted by Crippen LogP contribution is 2.19. The molecule has 0 bridgehead atoms. The summed E-state index contributed by atoms with van der Waals surface area (Å²) in [5, 5.41) is 0.882. The van der Waals surface area contributed by atoms with Gasteiger partial charge in [-0.2, -0.15) is 0 Å². The maximum atomic E-state index is 12.4. The number of hydrogen-bond acceptors (Lipinski definition) is 4. The number of amides is 1. The Morgan fingerprint density at radius 1 is 1.38 bits per heavy atom. The largest absolute Gasteiger partial charge is 0.469 e. The van der Waals surface area contributed by atoms with Crippen LogP contribution in [0.15, 0.2) is 24.3 Å². The zero-order valence-corrected chi connectivity index (χ0v) is 12.3. The first-order chi connectivity index (χ1) is 9.92. The molecular formula is C15H19N3O3. The number of ether oxygens (including phenoxy) is 1. The summed E-state index contributed by atoms with van der Waals surface area (Å²) in [6.45, 7) is 2.02. The van der Waals surface area contributed by atoms with E-state index in [1.54, 1.807) is 32.2 Å². The third-order valence-corrected chi connectivity index (χ3v) is 3.37. The van der Waals surface area contributed by atoms with E-state index >= 15 is 0 Å². The van der Waals surface area contributed by atoms with Gasteiger partial charge in [0.15, 0.2) is 0 Å². The van der Waals surface area contributed by atoms with Gasteiger partial charge in [0.05, 0.1) is 13.0 Å². The van der Waals surface area contributed by atoms with Crippen molar-refractivity contribution in [3.63, 3.8) is 0 Å². The molecule has 0 aliphatic heterocycles. The number of esters is 1. The Bertz CT molecular complexity index is 678. The number of aromatic amines is 1. The normalized spacial score (nSPS) is 12.1. The quantitative estimate of drug-likeness (QED) is 0.661. The Morgan fingerprint density at radius 2 is 2.10 bits per heavy atom. The maximum absolute atomic E-state index is 12.4. The summed E-state index contributed by atoms with van der Waals surface area (Å²) in [5.41, 5.74) is 7.69. The molecule has 0 saturated heterocycles. The summed E-state index contributed by atoms with van der Waals surface area (Å²) in [6, 6.07) is 7.17. The highest BCUT2D eigenvalue weighted by atomic mass is 16.5. The highest BCUT2D eigenvalue weighted by Gasteiger charge is 2.20. The second-order valence-corrected chi connectivity index (χ2v) is 5.14. The molecular weight excluding hydrogens is 270 g/mol. The zero-order chi connectivity index (χ0) is 15.6. The minimum atomic E-state index is -0.371. The molecule has 1 unspecified atom stereocenters. The van der Waals surface area contributed by atoms with Gasteiger partial charge in [-0.15, -0.1) is 0 Å². The average Bonchev–Trinajstić information content (AvgIpc) is 2.88. The topological polar surface area (TPSA) is 88.4 Å². The fraction of sp³-hybridized carbons (Fsp3) is 0.333. The number of nitrogen functional groups attached to an aromatic ring is 1. The zero-order valence-electron chi connectivity index (χ0n) is 12.3. The predicted molar refractivity (Wildman–Crippen MR) is 80.9 cm³/mol. The lowest BCUT2D eigenvalue weighted by molar-refractivity contribution is -0.145. The van der Waals surface area contributed by atoms with Crippen molar-refractivity contribution in [1.29, 1.82) is 0 Å². The van der Waals surface area contributed by atoms with Gasteiger partial charge >= 0.3 is 5.97 Å². The maximum Gasteiger partial charge on any atom is 0.310 e. The third-order valence-electron chi connectivity index (χ3n) is 3.37. The Labute approximate surface area is 122 Å². The fourth-order valence-corrected chi connectivity index (χ4v) is 2.24. The summed E-state index contributed by atoms with van der Waals surface area (Å²) >= 11 is 0. The van der Waals surface area contributed by atoms with E-state index in [2.05, 4.69) is 9.72 Å². The van der Waals surface area contributed by atoms with Crippen molar-refractivity contribution in [3.8, 4) is 0 Å². The number of carbonyl (C=O) groups excluding carboxylic acids is 2. The van der Waals surface area contributed by atoms with Gasteiger partial charge in [-0.1, -0.05) is 6.92 Å². The van der Waals surface area contributed by atoms with Crippen molar-refractivity contribution in [2.24, 2.45) is 5.92 Å². The van der Waals surface area contributed by atoms with Crippen LogP contribution < -0.4 is 5.73 Å². The highest BCUT2D eigenvalue weighted by molar-refractivity contribution is 5.98. The van der Waals surface area contributed by atoms with E-state index in [9.17, 15) is 9.59 Å². The molecule has 2 aromatic rings. The number of nitrogens with one attached hydrogen (secondary N) is 1. The molecule has 1 heterocycles. The molecule has 1 aromatic carbocycles. The average molecular weight is 289 g/mol. The van der Waals surface area contributed by atoms with Crippen molar-refractivity contribution in [2.75, 3.05) is 26.4 Å². The van der Waals surface area contributed by atoms with Crippen LogP contribution >= 0.6 is 0 Å². The number of H-pyrrole nitrogens is 1. The van der Waals surface area contributed by atoms with E-state index in [4.69, 9.17) is 5.73 Å². The minimum Gasteiger partial charge on any atom is -0.469 e. The van der Waals surface area contributed by atoms with E-state index in [-0.39, 0.29) is 17.8 Å². The molecule has 0 fully saturated rings. The van der Waals surface area contributed by atoms with E-state index in [1.165, 1.54) is 12.0 Å². The first-order valence-electron chi connectivity index (χ1n) is 6.64. The Hall–Kier alpha value is -2.50. The molecule has 0 saturated carbocycles. The second kappa shape index (κ2) is 5.87. The molecule has 1 amide bonds. The van der Waals surface area contributed by atoms with Crippen molar-refractivity contribution in [1.82, 2.24) is 9.88 Å². The number of rotatable bonds is 4. The standard InChI is InChI=1S/C15H19N3O3/c1-9(15(20)21-3)8-18(2)14(19)13-7-10-6-11(16)4-5-12(10)17-13/h4-7,9,17H,8,16H2,1-3H3. The molecule has 3 N–H and O–H groups in total. The van der Waals surface area contributed by atoms with Crippen molar-refractivity contribution in [3.05, 3.63) is 30.0 Å². The molecule has 0 aliphatic carbocycles. The summed E-state index contributed by atoms with van der Waals surface area (Å²) < 4.78 is 4.66. The van der Waals surface area contributed by atoms with Crippen LogP contribution in [0.4, 0.5) is 5.69 Å². The van der Waals surface area contributed by atoms with E-state index in [0.717, 1.165) is 10.9 Å². The number of aromatic nitrogens is 1. The molecule has 0 aliphatic rings. The fourth-order valence-electron chi connectivity index (χ4n) is 2.24. The molecule has 1 aromatic heterocycles. The second-order valence-electron chi connectivity index (χ2n) is 5.14. The van der Waals surface area contributed by atoms with Gasteiger partial charge in [-0.25, -0.2) is 0 Å². The first kappa shape index (κ1) is 14.9. The Balaban J connectivity index is 2.15. The van der Waals surface area contributed by atoms with Crippen LogP contribution in [0.1, 0.15) is 17.4 Å². The number of fused-ring (bicyclic) bond motifs is 1. The number of carbonyl (C=O) groups is 2. The molecule has 0 spiro atoms. The lowest BCUT2D eigenvalue weighted by atomic mass is 10.1. The van der Waals surface area contributed by atoms with Crippen molar-refractivity contribution >= 4 is 28.5 Å². The van der Waals surface area contributed by atoms with Gasteiger partial charge in [0.2, 0.25) is 0 Å². The third kappa shape index (κ3) is 3.16. The molecule has 2 rings (SSSR count). The van der Waals surface area contributed by atoms with Crippen LogP contribution in [0, 0.1) is 5.92 Å². The lowest BCUT2D eigenvalue weighted by Crippen LogP contribution is -2.34. The smallest absolute Gasteiger partial charge is 0.310 e. The Morgan fingerprint density at radius 3 is 2.76 bits per heavy atom. The molecule has 112 valence electrons. The van der Waals surface area contributed by atoms with Crippen LogP contribution in [-0.2, 0) is 9.53 Å². The molecule has 21 heavy (non-hydrogen) atoms. The molecule has 0 radical (unpaired) electrons. The first-order valence-corrected chi connectivity index (χ1v) is 6.64. The van der Waals surface area contributed by atoms with Crippen LogP contribution in [0.3, 0.4) is 0 Å².